The van der Waals surface area contributed by atoms with Crippen molar-refractivity contribution in [2.75, 3.05) is 0 Å². The van der Waals surface area contributed by atoms with Crippen molar-refractivity contribution in [3.8, 4) is 5.88 Å². The first kappa shape index (κ1) is 9.21. The van der Waals surface area contributed by atoms with Crippen LogP contribution in [0.5, 0.6) is 5.88 Å². The van der Waals surface area contributed by atoms with Crippen molar-refractivity contribution in [2.45, 2.75) is 25.2 Å². The molecule has 1 aliphatic rings. The molecule has 1 aliphatic carbocycles. The number of imidazole rings is 1. The van der Waals surface area contributed by atoms with Gasteiger partial charge in [-0.2, -0.15) is 0 Å². The van der Waals surface area contributed by atoms with Gasteiger partial charge in [0.2, 0.25) is 0 Å². The van der Waals surface area contributed by atoms with Crippen molar-refractivity contribution in [1.29, 1.82) is 0 Å². The van der Waals surface area contributed by atoms with Crippen LogP contribution in [0.15, 0.2) is 22.8 Å². The molecule has 1 N–H and O–H groups in total. The van der Waals surface area contributed by atoms with Crippen molar-refractivity contribution in [3.05, 3.63) is 28.6 Å². The standard InChI is InChI=1S/C11H11BrN2O/c12-10-8-5-2-6-9(15)14(8)11(13-10)7-3-1-4-7/h2,5-7,15H,1,3-4H2. The van der Waals surface area contributed by atoms with Crippen LogP contribution in [0.1, 0.15) is 31.0 Å². The first-order valence-corrected chi connectivity index (χ1v) is 5.92. The predicted octanol–water partition coefficient (Wildman–Crippen LogP) is 3.07. The monoisotopic (exact) mass is 266 g/mol. The summed E-state index contributed by atoms with van der Waals surface area (Å²) in [7, 11) is 0. The number of halogens is 1. The normalized spacial score (nSPS) is 16.9. The molecular formula is C11H11BrN2O. The number of pyridine rings is 1. The second-order valence-electron chi connectivity index (χ2n) is 3.99. The fourth-order valence-corrected chi connectivity index (χ4v) is 2.54. The maximum absolute atomic E-state index is 9.84. The van der Waals surface area contributed by atoms with Crippen molar-refractivity contribution in [2.24, 2.45) is 0 Å². The second kappa shape index (κ2) is 3.23. The third-order valence-corrected chi connectivity index (χ3v) is 3.68. The highest BCUT2D eigenvalue weighted by Crippen LogP contribution is 2.38. The van der Waals surface area contributed by atoms with E-state index in [0.717, 1.165) is 15.9 Å². The fraction of sp³-hybridized carbons (Fsp3) is 0.364. The van der Waals surface area contributed by atoms with Gasteiger partial charge in [-0.1, -0.05) is 12.5 Å². The van der Waals surface area contributed by atoms with Crippen LogP contribution in [0.2, 0.25) is 0 Å². The van der Waals surface area contributed by atoms with Crippen LogP contribution in [0, 0.1) is 0 Å². The van der Waals surface area contributed by atoms with Gasteiger partial charge in [0, 0.05) is 5.92 Å². The molecule has 4 heteroatoms. The van der Waals surface area contributed by atoms with Gasteiger partial charge in [-0.3, -0.25) is 4.40 Å². The third kappa shape index (κ3) is 1.28. The van der Waals surface area contributed by atoms with Crippen molar-refractivity contribution < 1.29 is 5.11 Å². The Morgan fingerprint density at radius 2 is 2.20 bits per heavy atom. The molecule has 0 atom stereocenters. The van der Waals surface area contributed by atoms with Crippen LogP contribution in [0.25, 0.3) is 5.52 Å². The topological polar surface area (TPSA) is 37.5 Å². The van der Waals surface area contributed by atoms with Crippen molar-refractivity contribution in [3.63, 3.8) is 0 Å². The Morgan fingerprint density at radius 1 is 1.40 bits per heavy atom. The Morgan fingerprint density at radius 3 is 2.87 bits per heavy atom. The van der Waals surface area contributed by atoms with E-state index < -0.39 is 0 Å². The molecule has 2 aromatic rings. The maximum Gasteiger partial charge on any atom is 0.197 e. The van der Waals surface area contributed by atoms with E-state index in [-0.39, 0.29) is 5.88 Å². The van der Waals surface area contributed by atoms with Gasteiger partial charge in [-0.05, 0) is 40.9 Å². The Kier molecular flexibility index (Phi) is 1.99. The van der Waals surface area contributed by atoms with E-state index in [4.69, 9.17) is 0 Å². The van der Waals surface area contributed by atoms with E-state index in [9.17, 15) is 5.11 Å². The van der Waals surface area contributed by atoms with Gasteiger partial charge in [0.05, 0.1) is 5.52 Å². The zero-order valence-corrected chi connectivity index (χ0v) is 9.74. The molecule has 0 aromatic carbocycles. The lowest BCUT2D eigenvalue weighted by Crippen LogP contribution is -2.12. The zero-order valence-electron chi connectivity index (χ0n) is 8.15. The molecule has 2 heterocycles. The summed E-state index contributed by atoms with van der Waals surface area (Å²) in [6.45, 7) is 0. The summed E-state index contributed by atoms with van der Waals surface area (Å²) in [6.07, 6.45) is 3.63. The largest absolute Gasteiger partial charge is 0.494 e. The van der Waals surface area contributed by atoms with Gasteiger partial charge >= 0.3 is 0 Å². The highest BCUT2D eigenvalue weighted by molar-refractivity contribution is 9.10. The van der Waals surface area contributed by atoms with E-state index >= 15 is 0 Å². The van der Waals surface area contributed by atoms with Gasteiger partial charge in [-0.15, -0.1) is 0 Å². The molecule has 1 saturated carbocycles. The molecule has 2 aromatic heterocycles. The van der Waals surface area contributed by atoms with Gasteiger partial charge < -0.3 is 5.11 Å². The van der Waals surface area contributed by atoms with E-state index in [0.29, 0.717) is 5.92 Å². The first-order valence-electron chi connectivity index (χ1n) is 5.13. The van der Waals surface area contributed by atoms with Gasteiger partial charge in [-0.25, -0.2) is 4.98 Å². The predicted molar refractivity (Wildman–Crippen MR) is 61.1 cm³/mol. The Balaban J connectivity index is 2.29. The minimum Gasteiger partial charge on any atom is -0.494 e. The highest BCUT2D eigenvalue weighted by atomic mass is 79.9. The molecule has 3 nitrogen and oxygen atoms in total. The van der Waals surface area contributed by atoms with Crippen LogP contribution in [0.3, 0.4) is 0 Å². The quantitative estimate of drug-likeness (QED) is 0.862. The van der Waals surface area contributed by atoms with E-state index in [1.807, 2.05) is 16.5 Å². The van der Waals surface area contributed by atoms with Crippen LogP contribution in [-0.4, -0.2) is 14.5 Å². The first-order chi connectivity index (χ1) is 7.27. The summed E-state index contributed by atoms with van der Waals surface area (Å²) in [5.74, 6) is 1.77. The summed E-state index contributed by atoms with van der Waals surface area (Å²) in [4.78, 5) is 4.49. The van der Waals surface area contributed by atoms with Crippen LogP contribution in [-0.2, 0) is 0 Å². The van der Waals surface area contributed by atoms with Crippen LogP contribution in [0.4, 0.5) is 0 Å². The van der Waals surface area contributed by atoms with E-state index in [1.54, 1.807) is 6.07 Å². The van der Waals surface area contributed by atoms with E-state index in [1.165, 1.54) is 19.3 Å². The minimum absolute atomic E-state index is 0.271. The molecule has 0 aliphatic heterocycles. The average molecular weight is 267 g/mol. The fourth-order valence-electron chi connectivity index (χ4n) is 2.05. The molecule has 0 bridgehead atoms. The number of aromatic nitrogens is 2. The molecule has 0 amide bonds. The van der Waals surface area contributed by atoms with Crippen LogP contribution < -0.4 is 0 Å². The molecular weight excluding hydrogens is 256 g/mol. The molecule has 3 rings (SSSR count). The minimum atomic E-state index is 0.271. The maximum atomic E-state index is 9.84. The highest BCUT2D eigenvalue weighted by Gasteiger charge is 2.25. The average Bonchev–Trinajstić information content (AvgIpc) is 2.43. The number of rotatable bonds is 1. The third-order valence-electron chi connectivity index (χ3n) is 3.09. The number of hydrogen-bond acceptors (Lipinski definition) is 2. The molecule has 0 saturated heterocycles. The van der Waals surface area contributed by atoms with Gasteiger partial charge in [0.25, 0.3) is 0 Å². The number of nitrogens with zero attached hydrogens (tertiary/aromatic N) is 2. The van der Waals surface area contributed by atoms with Crippen molar-refractivity contribution >= 4 is 21.4 Å². The number of aromatic hydroxyl groups is 1. The number of fused-ring (bicyclic) bond motifs is 1. The Bertz CT molecular complexity index is 517. The van der Waals surface area contributed by atoms with Gasteiger partial charge in [0.1, 0.15) is 10.4 Å². The summed E-state index contributed by atoms with van der Waals surface area (Å²) in [5, 5.41) is 9.84. The summed E-state index contributed by atoms with van der Waals surface area (Å²) < 4.78 is 2.66. The van der Waals surface area contributed by atoms with E-state index in [2.05, 4.69) is 20.9 Å². The Hall–Kier alpha value is -1.03. The zero-order chi connectivity index (χ0) is 10.4. The summed E-state index contributed by atoms with van der Waals surface area (Å²) >= 11 is 3.43. The molecule has 15 heavy (non-hydrogen) atoms. The summed E-state index contributed by atoms with van der Waals surface area (Å²) in [5.41, 5.74) is 0.942. The molecule has 0 spiro atoms. The van der Waals surface area contributed by atoms with Crippen LogP contribution >= 0.6 is 15.9 Å². The smallest absolute Gasteiger partial charge is 0.197 e. The molecule has 0 radical (unpaired) electrons. The molecule has 1 fully saturated rings. The molecule has 78 valence electrons. The molecule has 0 unspecified atom stereocenters. The lowest BCUT2D eigenvalue weighted by atomic mass is 9.85. The van der Waals surface area contributed by atoms with Crippen molar-refractivity contribution in [1.82, 2.24) is 9.38 Å². The Labute approximate surface area is 95.9 Å². The SMILES string of the molecule is Oc1cccc2c(Br)nc(C3CCC3)n12. The second-order valence-corrected chi connectivity index (χ2v) is 4.74. The lowest BCUT2D eigenvalue weighted by Gasteiger charge is -2.24. The summed E-state index contributed by atoms with van der Waals surface area (Å²) in [6, 6.07) is 5.49. The van der Waals surface area contributed by atoms with Gasteiger partial charge in [0.15, 0.2) is 5.88 Å². The number of hydrogen-bond donors (Lipinski definition) is 1. The lowest BCUT2D eigenvalue weighted by molar-refractivity contribution is 0.385.